The lowest BCUT2D eigenvalue weighted by molar-refractivity contribution is 0.106. The van der Waals surface area contributed by atoms with Crippen LogP contribution in [0.15, 0.2) is 16.6 Å². The van der Waals surface area contributed by atoms with E-state index in [0.29, 0.717) is 19.6 Å². The van der Waals surface area contributed by atoms with Crippen molar-refractivity contribution in [2.75, 3.05) is 47.0 Å². The van der Waals surface area contributed by atoms with Crippen molar-refractivity contribution >= 4 is 22.0 Å². The first kappa shape index (κ1) is 17.9. The van der Waals surface area contributed by atoms with Crippen molar-refractivity contribution in [3.05, 3.63) is 22.2 Å². The minimum Gasteiger partial charge on any atom is -0.496 e. The summed E-state index contributed by atoms with van der Waals surface area (Å²) in [5.41, 5.74) is 0.966. The summed E-state index contributed by atoms with van der Waals surface area (Å²) in [4.78, 5) is 13.9. The van der Waals surface area contributed by atoms with Crippen molar-refractivity contribution in [2.45, 2.75) is 12.8 Å². The standard InChI is InChI=1S/C16H23BrN2O4/c1-21-14-11-13(17)15(22-2)10-12(14)4-5-18-16(20)23-9-8-19-6-3-7-19/h10-11H,3-9H2,1-2H3,(H,18,20). The zero-order chi connectivity index (χ0) is 16.7. The molecule has 0 atom stereocenters. The minimum atomic E-state index is -0.381. The number of nitrogens with one attached hydrogen (secondary N) is 1. The van der Waals surface area contributed by atoms with Crippen LogP contribution in [0.1, 0.15) is 12.0 Å². The summed E-state index contributed by atoms with van der Waals surface area (Å²) in [6, 6.07) is 3.76. The Bertz CT molecular complexity index is 535. The lowest BCUT2D eigenvalue weighted by atomic mass is 10.1. The maximum absolute atomic E-state index is 11.6. The Morgan fingerprint density at radius 3 is 2.61 bits per heavy atom. The highest BCUT2D eigenvalue weighted by molar-refractivity contribution is 9.10. The molecule has 1 N–H and O–H groups in total. The zero-order valence-corrected chi connectivity index (χ0v) is 15.1. The molecule has 0 aliphatic carbocycles. The summed E-state index contributed by atoms with van der Waals surface area (Å²) in [6.07, 6.45) is 1.49. The number of benzene rings is 1. The fourth-order valence-corrected chi connectivity index (χ4v) is 2.83. The molecule has 7 heteroatoms. The second-order valence-electron chi connectivity index (χ2n) is 5.31. The van der Waals surface area contributed by atoms with Crippen molar-refractivity contribution in [3.63, 3.8) is 0 Å². The first-order valence-corrected chi connectivity index (χ1v) is 8.46. The van der Waals surface area contributed by atoms with Crippen LogP contribution in [-0.2, 0) is 11.2 Å². The third-order valence-electron chi connectivity index (χ3n) is 3.81. The molecule has 1 aromatic carbocycles. The Hall–Kier alpha value is -1.47. The molecule has 1 aliphatic rings. The number of rotatable bonds is 8. The summed E-state index contributed by atoms with van der Waals surface area (Å²) in [6.45, 7) is 3.93. The van der Waals surface area contributed by atoms with Crippen LogP contribution < -0.4 is 14.8 Å². The molecule has 1 aromatic rings. The summed E-state index contributed by atoms with van der Waals surface area (Å²) in [5, 5.41) is 2.76. The molecule has 2 rings (SSSR count). The van der Waals surface area contributed by atoms with Crippen molar-refractivity contribution in [1.29, 1.82) is 0 Å². The van der Waals surface area contributed by atoms with Gasteiger partial charge in [0.1, 0.15) is 18.1 Å². The van der Waals surface area contributed by atoms with E-state index >= 15 is 0 Å². The lowest BCUT2D eigenvalue weighted by Gasteiger charge is -2.30. The Labute approximate surface area is 145 Å². The van der Waals surface area contributed by atoms with E-state index in [0.717, 1.165) is 41.2 Å². The molecule has 0 unspecified atom stereocenters. The number of amides is 1. The molecule has 1 saturated heterocycles. The number of likely N-dealkylation sites (tertiary alicyclic amines) is 1. The lowest BCUT2D eigenvalue weighted by Crippen LogP contribution is -2.40. The average molecular weight is 387 g/mol. The van der Waals surface area contributed by atoms with Gasteiger partial charge in [-0.2, -0.15) is 0 Å². The van der Waals surface area contributed by atoms with E-state index < -0.39 is 0 Å². The number of alkyl carbamates (subject to hydrolysis) is 1. The highest BCUT2D eigenvalue weighted by Gasteiger charge is 2.14. The van der Waals surface area contributed by atoms with Gasteiger partial charge < -0.3 is 19.5 Å². The Balaban J connectivity index is 1.75. The van der Waals surface area contributed by atoms with Crippen LogP contribution in [0, 0.1) is 0 Å². The highest BCUT2D eigenvalue weighted by Crippen LogP contribution is 2.32. The average Bonchev–Trinajstić information content (AvgIpc) is 2.50. The number of ether oxygens (including phenoxy) is 3. The Morgan fingerprint density at radius 1 is 1.26 bits per heavy atom. The molecule has 0 saturated carbocycles. The van der Waals surface area contributed by atoms with E-state index in [4.69, 9.17) is 14.2 Å². The van der Waals surface area contributed by atoms with Crippen LogP contribution in [0.25, 0.3) is 0 Å². The van der Waals surface area contributed by atoms with Gasteiger partial charge in [0, 0.05) is 13.1 Å². The summed E-state index contributed by atoms with van der Waals surface area (Å²) >= 11 is 3.43. The van der Waals surface area contributed by atoms with Crippen molar-refractivity contribution in [2.24, 2.45) is 0 Å². The third kappa shape index (κ3) is 5.28. The molecule has 1 fully saturated rings. The van der Waals surface area contributed by atoms with E-state index in [-0.39, 0.29) is 6.09 Å². The van der Waals surface area contributed by atoms with Gasteiger partial charge >= 0.3 is 6.09 Å². The summed E-state index contributed by atoms with van der Waals surface area (Å²) < 4.78 is 16.6. The smallest absolute Gasteiger partial charge is 0.407 e. The van der Waals surface area contributed by atoms with Gasteiger partial charge in [0.25, 0.3) is 0 Å². The zero-order valence-electron chi connectivity index (χ0n) is 13.6. The van der Waals surface area contributed by atoms with Crippen molar-refractivity contribution in [1.82, 2.24) is 10.2 Å². The molecular formula is C16H23BrN2O4. The second kappa shape index (κ2) is 8.98. The number of halogens is 1. The third-order valence-corrected chi connectivity index (χ3v) is 4.43. The monoisotopic (exact) mass is 386 g/mol. The van der Waals surface area contributed by atoms with E-state index in [9.17, 15) is 4.79 Å². The number of hydrogen-bond acceptors (Lipinski definition) is 5. The highest BCUT2D eigenvalue weighted by atomic mass is 79.9. The van der Waals surface area contributed by atoms with Gasteiger partial charge in [0.2, 0.25) is 0 Å². The van der Waals surface area contributed by atoms with Crippen LogP contribution in [0.4, 0.5) is 4.79 Å². The van der Waals surface area contributed by atoms with E-state index in [1.807, 2.05) is 12.1 Å². The fraction of sp³-hybridized carbons (Fsp3) is 0.562. The van der Waals surface area contributed by atoms with E-state index in [1.165, 1.54) is 6.42 Å². The normalized spacial score (nSPS) is 14.0. The van der Waals surface area contributed by atoms with Crippen molar-refractivity contribution < 1.29 is 19.0 Å². The molecular weight excluding hydrogens is 364 g/mol. The molecule has 0 aromatic heterocycles. The van der Waals surface area contributed by atoms with Gasteiger partial charge in [0.15, 0.2) is 0 Å². The minimum absolute atomic E-state index is 0.381. The largest absolute Gasteiger partial charge is 0.496 e. The van der Waals surface area contributed by atoms with Crippen LogP contribution in [0.2, 0.25) is 0 Å². The molecule has 128 valence electrons. The van der Waals surface area contributed by atoms with E-state index in [1.54, 1.807) is 14.2 Å². The Kier molecular flexibility index (Phi) is 6.98. The van der Waals surface area contributed by atoms with Gasteiger partial charge in [-0.15, -0.1) is 0 Å². The van der Waals surface area contributed by atoms with Gasteiger partial charge in [0.05, 0.1) is 18.7 Å². The number of carbonyl (C=O) groups is 1. The summed E-state index contributed by atoms with van der Waals surface area (Å²) in [7, 11) is 3.24. The first-order valence-electron chi connectivity index (χ1n) is 7.67. The molecule has 1 aliphatic heterocycles. The Morgan fingerprint density at radius 2 is 2.00 bits per heavy atom. The van der Waals surface area contributed by atoms with Gasteiger partial charge in [-0.05, 0) is 59.6 Å². The van der Waals surface area contributed by atoms with Crippen LogP contribution in [-0.4, -0.2) is 58.0 Å². The molecule has 0 bridgehead atoms. The SMILES string of the molecule is COc1cc(CCNC(=O)OCCN2CCC2)c(OC)cc1Br. The molecule has 0 spiro atoms. The van der Waals surface area contributed by atoms with Crippen LogP contribution >= 0.6 is 15.9 Å². The molecule has 23 heavy (non-hydrogen) atoms. The first-order chi connectivity index (χ1) is 11.1. The molecule has 0 radical (unpaired) electrons. The number of nitrogens with zero attached hydrogens (tertiary/aromatic N) is 1. The topological polar surface area (TPSA) is 60.0 Å². The fourth-order valence-electron chi connectivity index (χ4n) is 2.34. The molecule has 6 nitrogen and oxygen atoms in total. The molecule has 1 heterocycles. The predicted molar refractivity (Wildman–Crippen MR) is 91.4 cm³/mol. The number of methoxy groups -OCH3 is 2. The molecule has 1 amide bonds. The number of carbonyl (C=O) groups excluding carboxylic acids is 1. The second-order valence-corrected chi connectivity index (χ2v) is 6.16. The van der Waals surface area contributed by atoms with E-state index in [2.05, 4.69) is 26.1 Å². The number of hydrogen-bond donors (Lipinski definition) is 1. The van der Waals surface area contributed by atoms with Crippen molar-refractivity contribution in [3.8, 4) is 11.5 Å². The van der Waals surface area contributed by atoms with Gasteiger partial charge in [-0.25, -0.2) is 4.79 Å². The van der Waals surface area contributed by atoms with Gasteiger partial charge in [-0.1, -0.05) is 0 Å². The predicted octanol–water partition coefficient (Wildman–Crippen LogP) is 2.44. The van der Waals surface area contributed by atoms with Gasteiger partial charge in [-0.3, -0.25) is 4.90 Å². The quantitative estimate of drug-likeness (QED) is 0.743. The maximum atomic E-state index is 11.6. The summed E-state index contributed by atoms with van der Waals surface area (Å²) in [5.74, 6) is 1.49. The van der Waals surface area contributed by atoms with Crippen LogP contribution in [0.5, 0.6) is 11.5 Å². The van der Waals surface area contributed by atoms with Crippen LogP contribution in [0.3, 0.4) is 0 Å². The maximum Gasteiger partial charge on any atom is 0.407 e.